The third-order valence-corrected chi connectivity index (χ3v) is 8.17. The second-order valence-corrected chi connectivity index (χ2v) is 10.8. The maximum atomic E-state index is 10.9. The molecule has 0 saturated heterocycles. The molecule has 9 nitrogen and oxygen atoms in total. The van der Waals surface area contributed by atoms with Gasteiger partial charge in [-0.25, -0.2) is 31.9 Å². The van der Waals surface area contributed by atoms with Gasteiger partial charge in [-0.3, -0.25) is 0 Å². The number of ether oxygens (including phenoxy) is 1. The smallest absolute Gasteiger partial charge is 0.338 e. The van der Waals surface area contributed by atoms with E-state index in [1.807, 2.05) is 0 Å². The highest BCUT2D eigenvalue weighted by molar-refractivity contribution is 7.91. The van der Waals surface area contributed by atoms with Crippen molar-refractivity contribution in [1.82, 2.24) is 0 Å². The monoisotopic (exact) mass is 440 g/mol. The summed E-state index contributed by atoms with van der Waals surface area (Å²) in [5.41, 5.74) is 0.0810. The molecule has 0 bridgehead atoms. The Morgan fingerprint density at radius 1 is 1.08 bits per heavy atom. The van der Waals surface area contributed by atoms with Crippen LogP contribution in [0.25, 0.3) is 0 Å². The molecule has 13 heteroatoms. The van der Waals surface area contributed by atoms with Crippen LogP contribution in [0.15, 0.2) is 31.3 Å². The highest BCUT2D eigenvalue weighted by atomic mass is 32.3. The van der Waals surface area contributed by atoms with E-state index >= 15 is 0 Å². The van der Waals surface area contributed by atoms with Crippen LogP contribution in [0.1, 0.15) is 28.8 Å². The van der Waals surface area contributed by atoms with Crippen molar-refractivity contribution in [2.24, 2.45) is 10.3 Å². The molecular weight excluding hydrogens is 424 g/mol. The second kappa shape index (κ2) is 7.34. The van der Waals surface area contributed by atoms with Crippen LogP contribution in [0.2, 0.25) is 0 Å². The molecule has 26 heavy (non-hydrogen) atoms. The first-order chi connectivity index (χ1) is 11.9. The van der Waals surface area contributed by atoms with E-state index in [1.165, 1.54) is 24.6 Å². The minimum absolute atomic E-state index is 0.0482. The van der Waals surface area contributed by atoms with Crippen LogP contribution in [-0.4, -0.2) is 35.0 Å². The van der Waals surface area contributed by atoms with E-state index in [-0.39, 0.29) is 14.0 Å². The Kier molecular flexibility index (Phi) is 5.92. The van der Waals surface area contributed by atoms with Gasteiger partial charge in [0, 0.05) is 5.38 Å². The number of esters is 1. The Labute approximate surface area is 158 Å². The zero-order valence-corrected chi connectivity index (χ0v) is 16.7. The van der Waals surface area contributed by atoms with Crippen molar-refractivity contribution >= 4 is 48.7 Å². The van der Waals surface area contributed by atoms with E-state index in [0.29, 0.717) is 18.4 Å². The van der Waals surface area contributed by atoms with Gasteiger partial charge in [0.25, 0.3) is 0 Å². The van der Waals surface area contributed by atoms with Crippen molar-refractivity contribution in [2.45, 2.75) is 26.9 Å². The average Bonchev–Trinajstić information content (AvgIpc) is 3.03. The number of sulfonamides is 2. The molecule has 2 heterocycles. The fraction of sp³-hybridized carbons (Fsp3) is 0.308. The zero-order valence-electron chi connectivity index (χ0n) is 13.4. The fourth-order valence-corrected chi connectivity index (χ4v) is 5.08. The van der Waals surface area contributed by atoms with Crippen LogP contribution in [-0.2, 0) is 30.4 Å². The fourth-order valence-electron chi connectivity index (χ4n) is 1.81. The molecule has 1 fully saturated rings. The number of nitrogens with two attached hydrogens (primary N) is 2. The van der Waals surface area contributed by atoms with Crippen molar-refractivity contribution in [3.8, 4) is 0 Å². The summed E-state index contributed by atoms with van der Waals surface area (Å²) >= 11 is 1.94. The number of primary sulfonamides is 2. The molecule has 0 aliphatic heterocycles. The van der Waals surface area contributed by atoms with E-state index in [4.69, 9.17) is 10.3 Å². The summed E-state index contributed by atoms with van der Waals surface area (Å²) < 4.78 is 47.8. The summed E-state index contributed by atoms with van der Waals surface area (Å²) in [5.74, 6) is -0.578. The number of rotatable bonds is 4. The molecule has 1 saturated carbocycles. The maximum Gasteiger partial charge on any atom is 0.338 e. The van der Waals surface area contributed by atoms with Crippen LogP contribution in [0.5, 0.6) is 0 Å². The average molecular weight is 441 g/mol. The van der Waals surface area contributed by atoms with E-state index in [1.54, 1.807) is 5.38 Å². The lowest BCUT2D eigenvalue weighted by atomic mass is 10.2. The first-order valence-corrected chi connectivity index (χ1v) is 11.8. The second-order valence-electron chi connectivity index (χ2n) is 5.42. The van der Waals surface area contributed by atoms with Crippen LogP contribution >= 0.6 is 22.7 Å². The number of carbonyl (C=O) groups excluding carboxylic acids is 1. The van der Waals surface area contributed by atoms with Crippen molar-refractivity contribution in [3.05, 3.63) is 34.0 Å². The SMILES string of the molecule is COC(=O)c1csc(S(N)(=O)=O)c1.NS(=O)(=O)c1cc(C2(O)CC2)cs1. The van der Waals surface area contributed by atoms with Gasteiger partial charge in [-0.2, -0.15) is 0 Å². The lowest BCUT2D eigenvalue weighted by Crippen LogP contribution is -2.10. The maximum absolute atomic E-state index is 10.9. The normalized spacial score (nSPS) is 15.7. The number of hydrogen-bond acceptors (Lipinski definition) is 9. The molecule has 0 atom stereocenters. The Hall–Kier alpha value is -1.35. The van der Waals surface area contributed by atoms with Gasteiger partial charge in [-0.1, -0.05) is 0 Å². The van der Waals surface area contributed by atoms with Gasteiger partial charge < -0.3 is 9.84 Å². The van der Waals surface area contributed by atoms with Crippen LogP contribution in [0.4, 0.5) is 0 Å². The standard InChI is InChI=1S/C7H9NO3S2.C6H7NO4S2/c8-13(10,11)6-3-5(4-12-6)7(9)1-2-7;1-11-6(8)4-2-5(12-3-4)13(7,9)10/h3-4,9H,1-2H2,(H2,8,10,11);2-3H,1H3,(H2,7,9,10). The van der Waals surface area contributed by atoms with Crippen LogP contribution < -0.4 is 10.3 Å². The van der Waals surface area contributed by atoms with E-state index in [9.17, 15) is 26.7 Å². The predicted octanol–water partition coefficient (Wildman–Crippen LogP) is 0.559. The molecule has 144 valence electrons. The lowest BCUT2D eigenvalue weighted by molar-refractivity contribution is 0.0601. The van der Waals surface area contributed by atoms with Gasteiger partial charge in [0.15, 0.2) is 0 Å². The molecule has 0 unspecified atom stereocenters. The van der Waals surface area contributed by atoms with Crippen LogP contribution in [0, 0.1) is 0 Å². The molecule has 3 rings (SSSR count). The van der Waals surface area contributed by atoms with Gasteiger partial charge >= 0.3 is 5.97 Å². The third kappa shape index (κ3) is 5.09. The van der Waals surface area contributed by atoms with E-state index < -0.39 is 31.6 Å². The molecular formula is C13H16N2O7S4. The Balaban J connectivity index is 0.000000187. The zero-order chi connectivity index (χ0) is 19.8. The predicted molar refractivity (Wildman–Crippen MR) is 95.9 cm³/mol. The van der Waals surface area contributed by atoms with Crippen molar-refractivity contribution in [3.63, 3.8) is 0 Å². The molecule has 2 aromatic rings. The third-order valence-electron chi connectivity index (χ3n) is 3.39. The van der Waals surface area contributed by atoms with Crippen molar-refractivity contribution in [2.75, 3.05) is 7.11 Å². The lowest BCUT2D eigenvalue weighted by Gasteiger charge is -2.01. The van der Waals surface area contributed by atoms with E-state index in [0.717, 1.165) is 22.7 Å². The van der Waals surface area contributed by atoms with Gasteiger partial charge in [0.05, 0.1) is 18.3 Å². The quantitative estimate of drug-likeness (QED) is 0.584. The van der Waals surface area contributed by atoms with Crippen molar-refractivity contribution < 1.29 is 31.5 Å². The highest BCUT2D eigenvalue weighted by Gasteiger charge is 2.43. The van der Waals surface area contributed by atoms with Gasteiger partial charge in [0.1, 0.15) is 8.42 Å². The Morgan fingerprint density at radius 2 is 1.58 bits per heavy atom. The summed E-state index contributed by atoms with van der Waals surface area (Å²) in [4.78, 5) is 10.9. The molecule has 5 N–H and O–H groups in total. The molecule has 0 radical (unpaired) electrons. The molecule has 1 aliphatic rings. The molecule has 0 amide bonds. The molecule has 1 aliphatic carbocycles. The number of methoxy groups -OCH3 is 1. The Bertz CT molecular complexity index is 1020. The van der Waals surface area contributed by atoms with Gasteiger partial charge in [-0.05, 0) is 35.9 Å². The first kappa shape index (κ1) is 21.0. The molecule has 2 aromatic heterocycles. The number of thiophene rings is 2. The summed E-state index contributed by atoms with van der Waals surface area (Å²) in [5, 5.41) is 22.5. The number of aliphatic hydroxyl groups is 1. The number of carbonyl (C=O) groups is 1. The minimum Gasteiger partial charge on any atom is -0.465 e. The molecule has 0 aromatic carbocycles. The topological polar surface area (TPSA) is 167 Å². The van der Waals surface area contributed by atoms with Crippen molar-refractivity contribution in [1.29, 1.82) is 0 Å². The minimum atomic E-state index is -3.71. The van der Waals surface area contributed by atoms with Gasteiger partial charge in [0.2, 0.25) is 20.0 Å². The summed E-state index contributed by atoms with van der Waals surface area (Å²) in [6, 6.07) is 2.64. The number of hydrogen-bond donors (Lipinski definition) is 3. The first-order valence-electron chi connectivity index (χ1n) is 6.91. The Morgan fingerprint density at radius 3 is 1.96 bits per heavy atom. The largest absolute Gasteiger partial charge is 0.465 e. The highest BCUT2D eigenvalue weighted by Crippen LogP contribution is 2.46. The molecule has 0 spiro atoms. The van der Waals surface area contributed by atoms with Crippen LogP contribution in [0.3, 0.4) is 0 Å². The van der Waals surface area contributed by atoms with Gasteiger partial charge in [-0.15, -0.1) is 22.7 Å². The summed E-state index contributed by atoms with van der Waals surface area (Å²) in [7, 11) is -6.10. The van der Waals surface area contributed by atoms with E-state index in [2.05, 4.69) is 4.74 Å². The summed E-state index contributed by atoms with van der Waals surface area (Å²) in [6.45, 7) is 0. The summed E-state index contributed by atoms with van der Waals surface area (Å²) in [6.07, 6.45) is 1.40.